The van der Waals surface area contributed by atoms with Gasteiger partial charge in [-0.1, -0.05) is 6.07 Å². The van der Waals surface area contributed by atoms with Crippen LogP contribution >= 0.6 is 0 Å². The van der Waals surface area contributed by atoms with Crippen LogP contribution in [0.25, 0.3) is 0 Å². The lowest BCUT2D eigenvalue weighted by Gasteiger charge is -2.46. The fraction of sp³-hybridized carbons (Fsp3) is 0.480. The molecular formula is C25H31N3O4. The lowest BCUT2D eigenvalue weighted by molar-refractivity contribution is -0.122. The van der Waals surface area contributed by atoms with Crippen molar-refractivity contribution in [2.45, 2.75) is 38.2 Å². The first kappa shape index (κ1) is 22.3. The maximum atomic E-state index is 13.1. The molecule has 1 N–H and O–H groups in total. The second-order valence-electron chi connectivity index (χ2n) is 8.77. The quantitative estimate of drug-likeness (QED) is 0.777. The Morgan fingerprint density at radius 1 is 1.25 bits per heavy atom. The molecule has 2 saturated heterocycles. The van der Waals surface area contributed by atoms with E-state index in [-0.39, 0.29) is 17.4 Å². The number of hydrogen-bond donors (Lipinski definition) is 1. The number of hydrogen-bond acceptors (Lipinski definition) is 5. The van der Waals surface area contributed by atoms with E-state index in [1.165, 1.54) is 0 Å². The van der Waals surface area contributed by atoms with Crippen LogP contribution in [-0.2, 0) is 4.74 Å². The molecule has 3 heterocycles. The van der Waals surface area contributed by atoms with Crippen molar-refractivity contribution < 1.29 is 19.1 Å². The summed E-state index contributed by atoms with van der Waals surface area (Å²) >= 11 is 0. The van der Waals surface area contributed by atoms with Gasteiger partial charge in [-0.15, -0.1) is 0 Å². The van der Waals surface area contributed by atoms with Gasteiger partial charge in [0.05, 0.1) is 18.3 Å². The number of methoxy groups -OCH3 is 1. The number of likely N-dealkylation sites (tertiary alicyclic amines) is 1. The molecule has 4 rings (SSSR count). The van der Waals surface area contributed by atoms with Gasteiger partial charge in [0.1, 0.15) is 5.75 Å². The topological polar surface area (TPSA) is 80.8 Å². The third-order valence-corrected chi connectivity index (χ3v) is 6.77. The molecule has 0 aliphatic carbocycles. The van der Waals surface area contributed by atoms with Gasteiger partial charge in [-0.3, -0.25) is 14.6 Å². The van der Waals surface area contributed by atoms with Crippen LogP contribution in [0.2, 0.25) is 0 Å². The zero-order valence-corrected chi connectivity index (χ0v) is 18.8. The number of piperidine rings is 1. The van der Waals surface area contributed by atoms with E-state index in [9.17, 15) is 9.59 Å². The Kier molecular flexibility index (Phi) is 6.74. The molecule has 170 valence electrons. The van der Waals surface area contributed by atoms with E-state index in [4.69, 9.17) is 9.47 Å². The second-order valence-corrected chi connectivity index (χ2v) is 8.77. The van der Waals surface area contributed by atoms with Crippen molar-refractivity contribution in [2.24, 2.45) is 5.92 Å². The van der Waals surface area contributed by atoms with Crippen molar-refractivity contribution >= 4 is 11.8 Å². The van der Waals surface area contributed by atoms with Crippen LogP contribution in [0.3, 0.4) is 0 Å². The number of carbonyl (C=O) groups is 2. The minimum Gasteiger partial charge on any atom is -0.496 e. The molecule has 2 fully saturated rings. The average molecular weight is 438 g/mol. The van der Waals surface area contributed by atoms with E-state index in [0.717, 1.165) is 37.0 Å². The molecule has 2 amide bonds. The molecule has 0 saturated carbocycles. The zero-order valence-electron chi connectivity index (χ0n) is 18.8. The smallest absolute Gasteiger partial charge is 0.254 e. The first-order valence-electron chi connectivity index (χ1n) is 11.3. The highest BCUT2D eigenvalue weighted by Gasteiger charge is 2.41. The van der Waals surface area contributed by atoms with Gasteiger partial charge in [0.25, 0.3) is 11.8 Å². The molecule has 0 bridgehead atoms. The first-order chi connectivity index (χ1) is 15.5. The van der Waals surface area contributed by atoms with Crippen LogP contribution in [0.15, 0.2) is 42.7 Å². The van der Waals surface area contributed by atoms with Crippen LogP contribution in [0, 0.1) is 12.8 Å². The summed E-state index contributed by atoms with van der Waals surface area (Å²) < 4.78 is 11.6. The molecule has 2 aliphatic heterocycles. The van der Waals surface area contributed by atoms with Crippen LogP contribution in [0.5, 0.6) is 5.75 Å². The largest absolute Gasteiger partial charge is 0.496 e. The van der Waals surface area contributed by atoms with Crippen molar-refractivity contribution in [2.75, 3.05) is 33.4 Å². The summed E-state index contributed by atoms with van der Waals surface area (Å²) in [5, 5.41) is 3.05. The van der Waals surface area contributed by atoms with Gasteiger partial charge in [0.15, 0.2) is 0 Å². The molecule has 1 spiro atoms. The lowest BCUT2D eigenvalue weighted by Crippen LogP contribution is -2.51. The van der Waals surface area contributed by atoms with E-state index in [1.807, 2.05) is 30.0 Å². The number of amides is 2. The fourth-order valence-electron chi connectivity index (χ4n) is 4.84. The van der Waals surface area contributed by atoms with Gasteiger partial charge in [0, 0.05) is 49.8 Å². The number of ether oxygens (including phenoxy) is 2. The molecule has 1 unspecified atom stereocenters. The first-order valence-corrected chi connectivity index (χ1v) is 11.3. The maximum Gasteiger partial charge on any atom is 0.254 e. The molecular weight excluding hydrogens is 406 g/mol. The molecule has 2 aliphatic rings. The Labute approximate surface area is 189 Å². The molecule has 0 radical (unpaired) electrons. The average Bonchev–Trinajstić information content (AvgIpc) is 2.83. The van der Waals surface area contributed by atoms with Crippen LogP contribution < -0.4 is 10.1 Å². The number of aromatic nitrogens is 1. The number of nitrogens with one attached hydrogen (secondary N) is 1. The van der Waals surface area contributed by atoms with Crippen molar-refractivity contribution in [3.05, 3.63) is 59.4 Å². The molecule has 1 atom stereocenters. The number of pyridine rings is 1. The summed E-state index contributed by atoms with van der Waals surface area (Å²) in [6.45, 7) is 4.58. The standard InChI is InChI=1S/C25H31N3O4/c1-18-21(6-3-7-22(18)31-2)24(30)28-12-9-25(10-13-28)15-19(8-14-32-25)16-27-23(29)20-5-4-11-26-17-20/h3-7,11,17,19H,8-10,12-16H2,1-2H3,(H,27,29). The van der Waals surface area contributed by atoms with Crippen LogP contribution in [-0.4, -0.2) is 60.7 Å². The minimum atomic E-state index is -0.206. The van der Waals surface area contributed by atoms with Crippen molar-refractivity contribution in [3.63, 3.8) is 0 Å². The maximum absolute atomic E-state index is 13.1. The molecule has 1 aromatic heterocycles. The molecule has 7 heteroatoms. The normalized spacial score (nSPS) is 20.1. The predicted octanol–water partition coefficient (Wildman–Crippen LogP) is 3.23. The van der Waals surface area contributed by atoms with Gasteiger partial charge >= 0.3 is 0 Å². The summed E-state index contributed by atoms with van der Waals surface area (Å²) in [5.74, 6) is 1.06. The Morgan fingerprint density at radius 2 is 2.06 bits per heavy atom. The monoisotopic (exact) mass is 437 g/mol. The number of benzene rings is 1. The van der Waals surface area contributed by atoms with Gasteiger partial charge in [-0.05, 0) is 62.8 Å². The Morgan fingerprint density at radius 3 is 2.78 bits per heavy atom. The van der Waals surface area contributed by atoms with Crippen molar-refractivity contribution in [1.29, 1.82) is 0 Å². The van der Waals surface area contributed by atoms with E-state index < -0.39 is 0 Å². The number of nitrogens with zero attached hydrogens (tertiary/aromatic N) is 2. The van der Waals surface area contributed by atoms with E-state index in [2.05, 4.69) is 10.3 Å². The minimum absolute atomic E-state index is 0.0485. The van der Waals surface area contributed by atoms with Gasteiger partial charge in [-0.2, -0.15) is 0 Å². The molecule has 1 aromatic carbocycles. The number of carbonyl (C=O) groups excluding carboxylic acids is 2. The molecule has 7 nitrogen and oxygen atoms in total. The summed E-state index contributed by atoms with van der Waals surface area (Å²) in [6.07, 6.45) is 6.70. The van der Waals surface area contributed by atoms with E-state index in [1.54, 1.807) is 31.6 Å². The van der Waals surface area contributed by atoms with Crippen molar-refractivity contribution in [3.8, 4) is 5.75 Å². The van der Waals surface area contributed by atoms with E-state index in [0.29, 0.717) is 43.3 Å². The number of rotatable bonds is 5. The van der Waals surface area contributed by atoms with Crippen LogP contribution in [0.1, 0.15) is 52.0 Å². The fourth-order valence-corrected chi connectivity index (χ4v) is 4.84. The molecule has 32 heavy (non-hydrogen) atoms. The van der Waals surface area contributed by atoms with Gasteiger partial charge in [0.2, 0.25) is 0 Å². The summed E-state index contributed by atoms with van der Waals surface area (Å²) in [4.78, 5) is 31.4. The Hall–Kier alpha value is -2.93. The third kappa shape index (κ3) is 4.78. The van der Waals surface area contributed by atoms with Crippen molar-refractivity contribution in [1.82, 2.24) is 15.2 Å². The SMILES string of the molecule is COc1cccc(C(=O)N2CCC3(CC2)CC(CNC(=O)c2cccnc2)CCO3)c1C. The highest BCUT2D eigenvalue weighted by atomic mass is 16.5. The third-order valence-electron chi connectivity index (χ3n) is 6.77. The lowest BCUT2D eigenvalue weighted by atomic mass is 9.79. The highest BCUT2D eigenvalue weighted by molar-refractivity contribution is 5.96. The second kappa shape index (κ2) is 9.69. The predicted molar refractivity (Wildman–Crippen MR) is 121 cm³/mol. The Balaban J connectivity index is 1.32. The van der Waals surface area contributed by atoms with E-state index >= 15 is 0 Å². The van der Waals surface area contributed by atoms with Crippen LogP contribution in [0.4, 0.5) is 0 Å². The van der Waals surface area contributed by atoms with Gasteiger partial charge < -0.3 is 19.7 Å². The summed E-state index contributed by atoms with van der Waals surface area (Å²) in [7, 11) is 1.62. The summed E-state index contributed by atoms with van der Waals surface area (Å²) in [5.41, 5.74) is 1.94. The molecule has 2 aromatic rings. The highest BCUT2D eigenvalue weighted by Crippen LogP contribution is 2.38. The van der Waals surface area contributed by atoms with Gasteiger partial charge in [-0.25, -0.2) is 0 Å². The Bertz CT molecular complexity index is 955. The zero-order chi connectivity index (χ0) is 22.6. The summed E-state index contributed by atoms with van der Waals surface area (Å²) in [6, 6.07) is 9.13.